The van der Waals surface area contributed by atoms with Crippen molar-refractivity contribution >= 4 is 22.3 Å². The van der Waals surface area contributed by atoms with Crippen LogP contribution in [0.5, 0.6) is 0 Å². The Labute approximate surface area is 377 Å². The minimum absolute atomic E-state index is 0.0267. The second-order valence-corrected chi connectivity index (χ2v) is 19.1. The number of benzene rings is 4. The molecular weight excluding hydrogens is 777 g/mol. The van der Waals surface area contributed by atoms with Gasteiger partial charge in [0.25, 0.3) is 0 Å². The quantitative estimate of drug-likeness (QED) is 0.155. The van der Waals surface area contributed by atoms with Crippen LogP contribution in [-0.2, 0) is 0 Å². The zero-order valence-electron chi connectivity index (χ0n) is 36.0. The molecule has 5 aliphatic carbocycles. The molecule has 4 heteroatoms. The lowest BCUT2D eigenvalue weighted by molar-refractivity contribution is 0.399. The van der Waals surface area contributed by atoms with Crippen molar-refractivity contribution in [2.45, 2.75) is 37.0 Å². The molecule has 0 saturated carbocycles. The van der Waals surface area contributed by atoms with Crippen molar-refractivity contribution in [2.75, 3.05) is 0 Å². The Hall–Kier alpha value is -6.62. The lowest BCUT2D eigenvalue weighted by atomic mass is 9.73. The van der Waals surface area contributed by atoms with Gasteiger partial charge in [0.05, 0.1) is 12.1 Å². The Kier molecular flexibility index (Phi) is 9.22. The summed E-state index contributed by atoms with van der Waals surface area (Å²) >= 11 is 0. The molecule has 4 nitrogen and oxygen atoms in total. The van der Waals surface area contributed by atoms with E-state index in [1.54, 1.807) is 0 Å². The Balaban J connectivity index is 1.15. The SMILES string of the molecule is C1=CC2C3=C(c4ccccc4)C4NC(C(c5ccccc5)=C5NC(C(c6ccccc6)=C6NC(=C(c7ccccc7)C(N3)C2C=C1)[C@H]1C=CC=C[C@@H]61)[C@@H]1C=CC=C[C@H]51)[C@@H]1CCC=C[C@H]41. The molecule has 6 unspecified atom stereocenters. The first-order valence-corrected chi connectivity index (χ1v) is 23.8. The van der Waals surface area contributed by atoms with E-state index in [4.69, 9.17) is 0 Å². The molecule has 4 saturated heterocycles. The fourth-order valence-electron chi connectivity index (χ4n) is 13.3. The summed E-state index contributed by atoms with van der Waals surface area (Å²) in [6.07, 6.45) is 35.8. The molecule has 4 aliphatic heterocycles. The number of hydrogen-bond acceptors (Lipinski definition) is 4. The van der Waals surface area contributed by atoms with Gasteiger partial charge in [0.15, 0.2) is 0 Å². The van der Waals surface area contributed by atoms with Gasteiger partial charge in [0.1, 0.15) is 0 Å². The highest BCUT2D eigenvalue weighted by atomic mass is 15.1. The van der Waals surface area contributed by atoms with E-state index in [1.165, 1.54) is 67.3 Å². The van der Waals surface area contributed by atoms with E-state index >= 15 is 0 Å². The summed E-state index contributed by atoms with van der Waals surface area (Å²) in [7, 11) is 0. The Bertz CT molecular complexity index is 2830. The molecule has 314 valence electrons. The van der Waals surface area contributed by atoms with Crippen molar-refractivity contribution in [3.63, 3.8) is 0 Å². The van der Waals surface area contributed by atoms with E-state index < -0.39 is 0 Å². The second kappa shape index (κ2) is 15.6. The molecule has 0 aromatic heterocycles. The molecule has 13 rings (SSSR count). The Morgan fingerprint density at radius 2 is 0.734 bits per heavy atom. The first-order valence-electron chi connectivity index (χ1n) is 23.8. The molecule has 9 aliphatic rings. The van der Waals surface area contributed by atoms with Gasteiger partial charge in [-0.1, -0.05) is 206 Å². The summed E-state index contributed by atoms with van der Waals surface area (Å²) in [6.45, 7) is 0. The molecule has 64 heavy (non-hydrogen) atoms. The molecule has 8 bridgehead atoms. The van der Waals surface area contributed by atoms with Crippen LogP contribution in [0, 0.1) is 47.3 Å². The molecule has 4 heterocycles. The van der Waals surface area contributed by atoms with Crippen LogP contribution in [0.3, 0.4) is 0 Å². The van der Waals surface area contributed by atoms with Gasteiger partial charge in [-0.05, 0) is 52.2 Å². The highest BCUT2D eigenvalue weighted by Gasteiger charge is 2.53. The van der Waals surface area contributed by atoms with Crippen molar-refractivity contribution in [1.82, 2.24) is 21.3 Å². The van der Waals surface area contributed by atoms with Gasteiger partial charge in [-0.25, -0.2) is 0 Å². The standard InChI is InChI=1S/C60H54N4/c1-5-21-37(22-6-1)49-53-41-29-13-15-31-43(41)55(61-53)50(38-23-7-2-8-24-38)57-45-33-17-19-35-47(45)59(63-57)52(40-27-11-4-12-28-40)60-48-36-20-18-34-46(48)58(64-60)51(39-25-9-3-10-26-39)56-44-32-16-14-30-42(44)54(49)62-56/h1-19,21-35,41-48,54,57-58,60-64H,20,36H2/t41-,42?,43+,44?,45+,46-,47-,48+,54?,57?,58?,60?/m0/s1. The average Bonchev–Trinajstić information content (AvgIpc) is 4.14. The number of allylic oxidation sites excluding steroid dienone is 11. The molecule has 0 spiro atoms. The summed E-state index contributed by atoms with van der Waals surface area (Å²) in [5, 5.41) is 17.8. The molecule has 4 aromatic carbocycles. The molecule has 4 aromatic rings. The molecule has 0 radical (unpaired) electrons. The van der Waals surface area contributed by atoms with Gasteiger partial charge in [-0.3, -0.25) is 0 Å². The van der Waals surface area contributed by atoms with Crippen LogP contribution in [0.1, 0.15) is 35.1 Å². The third-order valence-electron chi connectivity index (χ3n) is 15.9. The smallest absolute Gasteiger partial charge is 0.0606 e. The van der Waals surface area contributed by atoms with Crippen molar-refractivity contribution < 1.29 is 0 Å². The number of nitrogens with one attached hydrogen (secondary N) is 4. The first kappa shape index (κ1) is 37.9. The molecule has 4 fully saturated rings. The van der Waals surface area contributed by atoms with Crippen LogP contribution in [-0.4, -0.2) is 24.2 Å². The third-order valence-corrected chi connectivity index (χ3v) is 15.9. The van der Waals surface area contributed by atoms with E-state index in [0.29, 0.717) is 11.8 Å². The van der Waals surface area contributed by atoms with Crippen molar-refractivity contribution in [3.05, 3.63) is 251 Å². The Morgan fingerprint density at radius 1 is 0.344 bits per heavy atom. The normalized spacial score (nSPS) is 33.8. The fourth-order valence-corrected chi connectivity index (χ4v) is 13.3. The summed E-state index contributed by atoms with van der Waals surface area (Å²) in [6, 6.07) is 45.5. The minimum Gasteiger partial charge on any atom is -0.380 e. The predicted octanol–water partition coefficient (Wildman–Crippen LogP) is 11.2. The lowest BCUT2D eigenvalue weighted by Crippen LogP contribution is -2.37. The van der Waals surface area contributed by atoms with Crippen molar-refractivity contribution in [2.24, 2.45) is 47.3 Å². The zero-order chi connectivity index (χ0) is 42.1. The van der Waals surface area contributed by atoms with E-state index in [0.717, 1.165) is 12.8 Å². The topological polar surface area (TPSA) is 48.1 Å². The monoisotopic (exact) mass is 830 g/mol. The predicted molar refractivity (Wildman–Crippen MR) is 262 cm³/mol. The molecular formula is C60H54N4. The highest BCUT2D eigenvalue weighted by molar-refractivity contribution is 5.85. The van der Waals surface area contributed by atoms with Crippen LogP contribution in [0.2, 0.25) is 0 Å². The van der Waals surface area contributed by atoms with E-state index in [-0.39, 0.29) is 59.7 Å². The maximum Gasteiger partial charge on any atom is 0.0606 e. The maximum absolute atomic E-state index is 4.54. The number of rotatable bonds is 4. The zero-order valence-corrected chi connectivity index (χ0v) is 36.0. The van der Waals surface area contributed by atoms with Gasteiger partial charge in [-0.15, -0.1) is 0 Å². The largest absolute Gasteiger partial charge is 0.380 e. The van der Waals surface area contributed by atoms with Gasteiger partial charge in [0, 0.05) is 87.4 Å². The second-order valence-electron chi connectivity index (χ2n) is 19.1. The minimum atomic E-state index is 0.0267. The summed E-state index contributed by atoms with van der Waals surface area (Å²) in [5.41, 5.74) is 16.0. The third kappa shape index (κ3) is 5.99. The van der Waals surface area contributed by atoms with Crippen LogP contribution in [0.25, 0.3) is 22.3 Å². The number of hydrogen-bond donors (Lipinski definition) is 4. The van der Waals surface area contributed by atoms with E-state index in [2.05, 4.69) is 228 Å². The molecule has 0 amide bonds. The molecule has 12 atom stereocenters. The van der Waals surface area contributed by atoms with Crippen molar-refractivity contribution in [3.8, 4) is 0 Å². The van der Waals surface area contributed by atoms with Gasteiger partial charge in [0.2, 0.25) is 0 Å². The van der Waals surface area contributed by atoms with Gasteiger partial charge in [-0.2, -0.15) is 0 Å². The average molecular weight is 831 g/mol. The maximum atomic E-state index is 4.54. The highest BCUT2D eigenvalue weighted by Crippen LogP contribution is 2.54. The van der Waals surface area contributed by atoms with Crippen molar-refractivity contribution in [1.29, 1.82) is 0 Å². The summed E-state index contributed by atoms with van der Waals surface area (Å²) < 4.78 is 0. The van der Waals surface area contributed by atoms with E-state index in [1.807, 2.05) is 0 Å². The molecule has 4 N–H and O–H groups in total. The van der Waals surface area contributed by atoms with Gasteiger partial charge < -0.3 is 21.3 Å². The summed E-state index contributed by atoms with van der Waals surface area (Å²) in [5.74, 6) is 1.85. The van der Waals surface area contributed by atoms with Crippen LogP contribution in [0.15, 0.2) is 229 Å². The fraction of sp³-hybridized carbons (Fsp3) is 0.233. The first-order chi connectivity index (χ1) is 31.8. The van der Waals surface area contributed by atoms with Crippen LogP contribution in [0.4, 0.5) is 0 Å². The van der Waals surface area contributed by atoms with Crippen LogP contribution < -0.4 is 21.3 Å². The van der Waals surface area contributed by atoms with Gasteiger partial charge >= 0.3 is 0 Å². The van der Waals surface area contributed by atoms with E-state index in [9.17, 15) is 0 Å². The van der Waals surface area contributed by atoms with Crippen LogP contribution >= 0.6 is 0 Å². The summed E-state index contributed by atoms with van der Waals surface area (Å²) in [4.78, 5) is 0. The Morgan fingerprint density at radius 3 is 1.19 bits per heavy atom. The lowest BCUT2D eigenvalue weighted by Gasteiger charge is -2.30.